The normalized spacial score (nSPS) is 19.1. The number of nitrogens with zero attached hydrogens (tertiary/aromatic N) is 5. The van der Waals surface area contributed by atoms with Gasteiger partial charge in [-0.25, -0.2) is 9.67 Å². The summed E-state index contributed by atoms with van der Waals surface area (Å²) in [4.78, 5) is 23.3. The number of hydrogen-bond acceptors (Lipinski definition) is 6. The number of alkyl halides is 3. The molecule has 2 aliphatic rings. The maximum absolute atomic E-state index is 12.7. The lowest BCUT2D eigenvalue weighted by atomic mass is 10.1. The van der Waals surface area contributed by atoms with Crippen LogP contribution < -0.4 is 15.0 Å². The number of aliphatic imine (C=N–C) groups is 1. The molecule has 1 saturated carbocycles. The standard InChI is InChI=1S/C30H25F3N6O2S2/c1-17-4-3-5-18(2)26(17)39-25(40)15-43-29(39)36-28(42)35-24-14-23(24)19-6-8-20(9-7-19)27-34-16-38(37-27)21-10-12-22(13-11-21)41-30(31,32)33/h3-13,16,23-24H,14-15H2,1-2H3,(H,35,42)/b36-29-. The molecule has 43 heavy (non-hydrogen) atoms. The topological polar surface area (TPSA) is 84.6 Å². The summed E-state index contributed by atoms with van der Waals surface area (Å²) in [5.41, 5.74) is 5.36. The van der Waals surface area contributed by atoms with Crippen molar-refractivity contribution >= 4 is 45.9 Å². The molecule has 1 aromatic heterocycles. The number of benzene rings is 3. The maximum Gasteiger partial charge on any atom is 0.573 e. The van der Waals surface area contributed by atoms with Gasteiger partial charge in [-0.15, -0.1) is 18.3 Å². The first-order chi connectivity index (χ1) is 20.6. The molecule has 0 bridgehead atoms. The SMILES string of the molecule is Cc1cccc(C)c1N1C(=O)CS/C1=N\C(=S)NC1CC1c1ccc(-c2ncn(-c3ccc(OC(F)(F)F)cc3)n2)cc1. The summed E-state index contributed by atoms with van der Waals surface area (Å²) in [6.07, 6.45) is -2.34. The molecule has 2 atom stereocenters. The van der Waals surface area contributed by atoms with Gasteiger partial charge >= 0.3 is 6.36 Å². The second-order valence-electron chi connectivity index (χ2n) is 10.2. The Morgan fingerprint density at radius 2 is 1.77 bits per heavy atom. The number of amides is 1. The molecular formula is C30H25F3N6O2S2. The highest BCUT2D eigenvalue weighted by Gasteiger charge is 2.39. The van der Waals surface area contributed by atoms with Crippen LogP contribution in [-0.2, 0) is 4.79 Å². The van der Waals surface area contributed by atoms with Crippen molar-refractivity contribution in [3.63, 3.8) is 0 Å². The van der Waals surface area contributed by atoms with Crippen molar-refractivity contribution < 1.29 is 22.7 Å². The Hall–Kier alpha value is -4.23. The summed E-state index contributed by atoms with van der Waals surface area (Å²) in [5, 5.41) is 8.72. The predicted molar refractivity (Wildman–Crippen MR) is 164 cm³/mol. The van der Waals surface area contributed by atoms with Gasteiger partial charge in [0, 0.05) is 17.5 Å². The van der Waals surface area contributed by atoms with E-state index in [-0.39, 0.29) is 23.6 Å². The zero-order valence-corrected chi connectivity index (χ0v) is 24.6. The predicted octanol–water partition coefficient (Wildman–Crippen LogP) is 6.32. The van der Waals surface area contributed by atoms with E-state index < -0.39 is 6.36 Å². The number of carbonyl (C=O) groups excluding carboxylic acids is 1. The zero-order chi connectivity index (χ0) is 30.3. The summed E-state index contributed by atoms with van der Waals surface area (Å²) in [7, 11) is 0. The van der Waals surface area contributed by atoms with Crippen LogP contribution in [0.4, 0.5) is 18.9 Å². The van der Waals surface area contributed by atoms with Gasteiger partial charge in [0.1, 0.15) is 12.1 Å². The number of anilines is 1. The van der Waals surface area contributed by atoms with E-state index in [2.05, 4.69) is 25.1 Å². The van der Waals surface area contributed by atoms with Crippen LogP contribution in [0.25, 0.3) is 17.1 Å². The molecule has 0 radical (unpaired) electrons. The second-order valence-corrected chi connectivity index (χ2v) is 11.6. The van der Waals surface area contributed by atoms with Crippen LogP contribution >= 0.6 is 24.0 Å². The molecule has 0 spiro atoms. The van der Waals surface area contributed by atoms with Crippen LogP contribution in [-0.4, -0.2) is 49.1 Å². The number of amidine groups is 1. The quantitative estimate of drug-likeness (QED) is 0.252. The van der Waals surface area contributed by atoms with E-state index >= 15 is 0 Å². The van der Waals surface area contributed by atoms with E-state index in [1.165, 1.54) is 47.0 Å². The lowest BCUT2D eigenvalue weighted by Gasteiger charge is -2.21. The van der Waals surface area contributed by atoms with Crippen molar-refractivity contribution in [2.24, 2.45) is 4.99 Å². The summed E-state index contributed by atoms with van der Waals surface area (Å²) in [6, 6.07) is 19.4. The highest BCUT2D eigenvalue weighted by molar-refractivity contribution is 8.15. The average Bonchev–Trinajstić information content (AvgIpc) is 3.37. The number of ether oxygens (including phenoxy) is 1. The number of aryl methyl sites for hydroxylation is 2. The minimum absolute atomic E-state index is 0.0129. The molecule has 1 saturated heterocycles. The largest absolute Gasteiger partial charge is 0.573 e. The van der Waals surface area contributed by atoms with E-state index in [1.807, 2.05) is 56.3 Å². The van der Waals surface area contributed by atoms with Crippen molar-refractivity contribution in [1.29, 1.82) is 0 Å². The smallest absolute Gasteiger partial charge is 0.406 e. The summed E-state index contributed by atoms with van der Waals surface area (Å²) in [6.45, 7) is 3.96. The van der Waals surface area contributed by atoms with Gasteiger partial charge in [0.2, 0.25) is 5.91 Å². The molecule has 13 heteroatoms. The number of thiocarbonyl (C=S) groups is 1. The Morgan fingerprint density at radius 3 is 2.44 bits per heavy atom. The Labute approximate surface area is 255 Å². The van der Waals surface area contributed by atoms with Crippen LogP contribution in [0.15, 0.2) is 78.0 Å². The Balaban J connectivity index is 1.08. The van der Waals surface area contributed by atoms with E-state index in [0.717, 1.165) is 34.4 Å². The van der Waals surface area contributed by atoms with Gasteiger partial charge in [-0.2, -0.15) is 4.99 Å². The van der Waals surface area contributed by atoms with E-state index in [1.54, 1.807) is 4.90 Å². The fraction of sp³-hybridized carbons (Fsp3) is 0.233. The first-order valence-electron chi connectivity index (χ1n) is 13.3. The zero-order valence-electron chi connectivity index (χ0n) is 23.0. The Morgan fingerprint density at radius 1 is 1.07 bits per heavy atom. The Kier molecular flexibility index (Phi) is 7.69. The molecule has 3 aromatic carbocycles. The molecule has 1 amide bonds. The molecule has 1 aliphatic carbocycles. The molecule has 8 nitrogen and oxygen atoms in total. The minimum atomic E-state index is -4.75. The summed E-state index contributed by atoms with van der Waals surface area (Å²) < 4.78 is 42.6. The number of para-hydroxylation sites is 1. The number of aromatic nitrogens is 3. The molecule has 6 rings (SSSR count). The lowest BCUT2D eigenvalue weighted by molar-refractivity contribution is -0.274. The second kappa shape index (κ2) is 11.5. The third kappa shape index (κ3) is 6.42. The molecule has 220 valence electrons. The van der Waals surface area contributed by atoms with E-state index in [4.69, 9.17) is 12.2 Å². The van der Waals surface area contributed by atoms with Crippen LogP contribution in [0.5, 0.6) is 5.75 Å². The van der Waals surface area contributed by atoms with Gasteiger partial charge in [-0.3, -0.25) is 9.69 Å². The van der Waals surface area contributed by atoms with Crippen molar-refractivity contribution in [3.8, 4) is 22.8 Å². The van der Waals surface area contributed by atoms with Crippen LogP contribution in [0.3, 0.4) is 0 Å². The third-order valence-corrected chi connectivity index (χ3v) is 8.28. The fourth-order valence-electron chi connectivity index (χ4n) is 5.02. The number of rotatable bonds is 6. The third-order valence-electron chi connectivity index (χ3n) is 7.15. The van der Waals surface area contributed by atoms with Crippen molar-refractivity contribution in [1.82, 2.24) is 20.1 Å². The number of halogens is 3. The fourth-order valence-corrected chi connectivity index (χ4v) is 6.18. The summed E-state index contributed by atoms with van der Waals surface area (Å²) in [5.74, 6) is 0.759. The molecule has 2 heterocycles. The van der Waals surface area contributed by atoms with E-state index in [0.29, 0.717) is 27.5 Å². The van der Waals surface area contributed by atoms with Gasteiger partial charge in [-0.1, -0.05) is 54.2 Å². The number of thioether (sulfide) groups is 1. The highest BCUT2D eigenvalue weighted by atomic mass is 32.2. The monoisotopic (exact) mass is 622 g/mol. The molecule has 2 unspecified atom stereocenters. The number of nitrogens with one attached hydrogen (secondary N) is 1. The average molecular weight is 623 g/mol. The van der Waals surface area contributed by atoms with E-state index in [9.17, 15) is 18.0 Å². The molecule has 1 N–H and O–H groups in total. The van der Waals surface area contributed by atoms with Crippen molar-refractivity contribution in [2.45, 2.75) is 38.6 Å². The van der Waals surface area contributed by atoms with Gasteiger partial charge in [0.05, 0.1) is 17.1 Å². The Bertz CT molecular complexity index is 1700. The highest BCUT2D eigenvalue weighted by Crippen LogP contribution is 2.41. The molecular weight excluding hydrogens is 597 g/mol. The van der Waals surface area contributed by atoms with Gasteiger partial charge in [0.15, 0.2) is 16.1 Å². The van der Waals surface area contributed by atoms with Gasteiger partial charge < -0.3 is 10.1 Å². The molecule has 4 aromatic rings. The molecule has 2 fully saturated rings. The van der Waals surface area contributed by atoms with Crippen LogP contribution in [0.2, 0.25) is 0 Å². The van der Waals surface area contributed by atoms with Crippen LogP contribution in [0.1, 0.15) is 29.0 Å². The van der Waals surface area contributed by atoms with Crippen molar-refractivity contribution in [3.05, 3.63) is 89.7 Å². The maximum atomic E-state index is 12.7. The van der Waals surface area contributed by atoms with Gasteiger partial charge in [0.25, 0.3) is 0 Å². The van der Waals surface area contributed by atoms with Crippen molar-refractivity contribution in [2.75, 3.05) is 10.7 Å². The minimum Gasteiger partial charge on any atom is -0.406 e. The number of hydrogen-bond donors (Lipinski definition) is 1. The lowest BCUT2D eigenvalue weighted by Crippen LogP contribution is -2.33. The molecule has 1 aliphatic heterocycles. The van der Waals surface area contributed by atoms with Crippen LogP contribution in [0, 0.1) is 13.8 Å². The first-order valence-corrected chi connectivity index (χ1v) is 14.7. The summed E-state index contributed by atoms with van der Waals surface area (Å²) >= 11 is 6.93. The first kappa shape index (κ1) is 28.9. The van der Waals surface area contributed by atoms with Gasteiger partial charge in [-0.05, 0) is 73.4 Å². The number of carbonyl (C=O) groups is 1.